The molecular weight excluding hydrogens is 411 g/mol. The predicted octanol–water partition coefficient (Wildman–Crippen LogP) is 2.26. The predicted molar refractivity (Wildman–Crippen MR) is 102 cm³/mol. The molecule has 0 spiro atoms. The van der Waals surface area contributed by atoms with Crippen LogP contribution in [-0.4, -0.2) is 54.1 Å². The zero-order chi connectivity index (χ0) is 17.6. The highest BCUT2D eigenvalue weighted by molar-refractivity contribution is 7.89. The summed E-state index contributed by atoms with van der Waals surface area (Å²) < 4.78 is 37.3. The van der Waals surface area contributed by atoms with Gasteiger partial charge in [-0.1, -0.05) is 29.3 Å². The van der Waals surface area contributed by atoms with Crippen LogP contribution in [0.4, 0.5) is 0 Å². The molecule has 1 aliphatic heterocycles. The van der Waals surface area contributed by atoms with Crippen molar-refractivity contribution in [2.45, 2.75) is 6.10 Å². The maximum absolute atomic E-state index is 12.0. The van der Waals surface area contributed by atoms with Crippen LogP contribution in [-0.2, 0) is 19.5 Å². The summed E-state index contributed by atoms with van der Waals surface area (Å²) in [7, 11) is -1.91. The third kappa shape index (κ3) is 7.19. The average Bonchev–Trinajstić information content (AvgIpc) is 2.79. The quantitative estimate of drug-likeness (QED) is 0.690. The zero-order valence-electron chi connectivity index (χ0n) is 13.8. The number of hydrogen-bond donors (Lipinski definition) is 2. The van der Waals surface area contributed by atoms with E-state index in [1.165, 1.54) is 7.11 Å². The molecule has 6 nitrogen and oxygen atoms in total. The highest BCUT2D eigenvalue weighted by atomic mass is 35.5. The standard InChI is InChI=1S/C15H22Cl2N2O4S.ClH/c1-22-6-7-24(20,21)19-10-12-9-18-4-5-23-15(12)11-2-3-13(16)14(17)8-11;/h2-3,8,12,15,18-19H,4-7,9-10H2,1H3;1H/t12-,15-;/m0./s1. The zero-order valence-corrected chi connectivity index (χ0v) is 17.0. The van der Waals surface area contributed by atoms with Crippen molar-refractivity contribution in [3.63, 3.8) is 0 Å². The van der Waals surface area contributed by atoms with E-state index in [4.69, 9.17) is 32.7 Å². The number of methoxy groups -OCH3 is 1. The second-order valence-corrected chi connectivity index (χ2v) is 8.33. The minimum Gasteiger partial charge on any atom is -0.384 e. The first kappa shape index (κ1) is 22.9. The lowest BCUT2D eigenvalue weighted by Crippen LogP contribution is -2.38. The summed E-state index contributed by atoms with van der Waals surface area (Å²) in [6.45, 7) is 2.31. The molecule has 1 heterocycles. The van der Waals surface area contributed by atoms with Crippen LogP contribution in [0.25, 0.3) is 0 Å². The highest BCUT2D eigenvalue weighted by Crippen LogP contribution is 2.31. The molecule has 144 valence electrons. The van der Waals surface area contributed by atoms with E-state index in [1.54, 1.807) is 12.1 Å². The molecule has 2 atom stereocenters. The van der Waals surface area contributed by atoms with Crippen LogP contribution in [0.1, 0.15) is 11.7 Å². The van der Waals surface area contributed by atoms with Gasteiger partial charge in [0.15, 0.2) is 0 Å². The van der Waals surface area contributed by atoms with Gasteiger partial charge >= 0.3 is 0 Å². The SMILES string of the molecule is COCCS(=O)(=O)NC[C@@H]1CNCCO[C@H]1c1ccc(Cl)c(Cl)c1.Cl. The van der Waals surface area contributed by atoms with Crippen LogP contribution in [0.5, 0.6) is 0 Å². The number of benzene rings is 1. The van der Waals surface area contributed by atoms with E-state index in [2.05, 4.69) is 10.0 Å². The summed E-state index contributed by atoms with van der Waals surface area (Å²) in [5.74, 6) is -0.135. The van der Waals surface area contributed by atoms with Gasteiger partial charge in [0.2, 0.25) is 10.0 Å². The minimum atomic E-state index is -3.38. The molecule has 1 aromatic rings. The summed E-state index contributed by atoms with van der Waals surface area (Å²) >= 11 is 12.1. The van der Waals surface area contributed by atoms with Crippen LogP contribution in [0.2, 0.25) is 10.0 Å². The fraction of sp³-hybridized carbons (Fsp3) is 0.600. The van der Waals surface area contributed by atoms with Gasteiger partial charge in [-0.15, -0.1) is 12.4 Å². The van der Waals surface area contributed by atoms with Gasteiger partial charge in [0.1, 0.15) is 0 Å². The van der Waals surface area contributed by atoms with Crippen molar-refractivity contribution in [3.05, 3.63) is 33.8 Å². The van der Waals surface area contributed by atoms with E-state index >= 15 is 0 Å². The summed E-state index contributed by atoms with van der Waals surface area (Å²) in [4.78, 5) is 0. The maximum atomic E-state index is 12.0. The topological polar surface area (TPSA) is 76.7 Å². The summed E-state index contributed by atoms with van der Waals surface area (Å²) in [5.41, 5.74) is 0.884. The Morgan fingerprint density at radius 3 is 2.80 bits per heavy atom. The van der Waals surface area contributed by atoms with Crippen molar-refractivity contribution in [3.8, 4) is 0 Å². The molecule has 1 aromatic carbocycles. The molecule has 0 radical (unpaired) electrons. The Morgan fingerprint density at radius 2 is 2.12 bits per heavy atom. The van der Waals surface area contributed by atoms with Crippen molar-refractivity contribution < 1.29 is 17.9 Å². The van der Waals surface area contributed by atoms with Crippen molar-refractivity contribution in [2.24, 2.45) is 5.92 Å². The number of nitrogens with one attached hydrogen (secondary N) is 2. The lowest BCUT2D eigenvalue weighted by molar-refractivity contribution is 0.0322. The number of hydrogen-bond acceptors (Lipinski definition) is 5. The highest BCUT2D eigenvalue weighted by Gasteiger charge is 2.27. The lowest BCUT2D eigenvalue weighted by atomic mass is 9.95. The Bertz CT molecular complexity index is 646. The van der Waals surface area contributed by atoms with Gasteiger partial charge in [-0.05, 0) is 17.7 Å². The first-order chi connectivity index (χ1) is 11.4. The van der Waals surface area contributed by atoms with E-state index < -0.39 is 10.0 Å². The molecule has 1 fully saturated rings. The van der Waals surface area contributed by atoms with Crippen molar-refractivity contribution in [2.75, 3.05) is 45.7 Å². The van der Waals surface area contributed by atoms with Crippen molar-refractivity contribution in [1.29, 1.82) is 0 Å². The fourth-order valence-electron chi connectivity index (χ4n) is 2.52. The van der Waals surface area contributed by atoms with Crippen LogP contribution >= 0.6 is 35.6 Å². The molecule has 0 aromatic heterocycles. The molecule has 2 rings (SSSR count). The Labute approximate surface area is 165 Å². The number of ether oxygens (including phenoxy) is 2. The largest absolute Gasteiger partial charge is 0.384 e. The molecule has 2 N–H and O–H groups in total. The average molecular weight is 434 g/mol. The van der Waals surface area contributed by atoms with Crippen LogP contribution < -0.4 is 10.0 Å². The van der Waals surface area contributed by atoms with E-state index in [0.717, 1.165) is 5.56 Å². The Kier molecular flexibility index (Phi) is 9.98. The Balaban J connectivity index is 0.00000312. The molecule has 0 unspecified atom stereocenters. The normalized spacial score (nSPS) is 21.4. The third-order valence-electron chi connectivity index (χ3n) is 3.80. The van der Waals surface area contributed by atoms with Gasteiger partial charge in [-0.2, -0.15) is 0 Å². The van der Waals surface area contributed by atoms with E-state index in [-0.39, 0.29) is 43.3 Å². The Hall–Kier alpha value is -0.120. The Morgan fingerprint density at radius 1 is 1.36 bits per heavy atom. The summed E-state index contributed by atoms with van der Waals surface area (Å²) in [6.07, 6.45) is -0.264. The molecule has 0 amide bonds. The third-order valence-corrected chi connectivity index (χ3v) is 5.85. The summed E-state index contributed by atoms with van der Waals surface area (Å²) in [5, 5.41) is 4.19. The van der Waals surface area contributed by atoms with Crippen LogP contribution in [0.3, 0.4) is 0 Å². The lowest BCUT2D eigenvalue weighted by Gasteiger charge is -2.25. The van der Waals surface area contributed by atoms with Crippen LogP contribution in [0.15, 0.2) is 18.2 Å². The van der Waals surface area contributed by atoms with Gasteiger partial charge in [-0.25, -0.2) is 13.1 Å². The molecule has 0 bridgehead atoms. The maximum Gasteiger partial charge on any atom is 0.213 e. The van der Waals surface area contributed by atoms with E-state index in [0.29, 0.717) is 29.7 Å². The monoisotopic (exact) mass is 432 g/mol. The van der Waals surface area contributed by atoms with Gasteiger partial charge in [0.25, 0.3) is 0 Å². The second-order valence-electron chi connectivity index (χ2n) is 5.59. The molecule has 0 saturated carbocycles. The smallest absolute Gasteiger partial charge is 0.213 e. The van der Waals surface area contributed by atoms with Gasteiger partial charge in [0, 0.05) is 32.7 Å². The fourth-order valence-corrected chi connectivity index (χ4v) is 3.83. The first-order valence-electron chi connectivity index (χ1n) is 7.66. The molecule has 1 saturated heterocycles. The summed E-state index contributed by atoms with van der Waals surface area (Å²) in [6, 6.07) is 5.35. The molecule has 25 heavy (non-hydrogen) atoms. The van der Waals surface area contributed by atoms with Gasteiger partial charge in [-0.3, -0.25) is 0 Å². The molecular formula is C15H23Cl3N2O4S. The number of rotatable bonds is 7. The minimum absolute atomic E-state index is 0. The van der Waals surface area contributed by atoms with Gasteiger partial charge < -0.3 is 14.8 Å². The van der Waals surface area contributed by atoms with Crippen molar-refractivity contribution in [1.82, 2.24) is 10.0 Å². The first-order valence-corrected chi connectivity index (χ1v) is 10.1. The van der Waals surface area contributed by atoms with Crippen molar-refractivity contribution >= 4 is 45.6 Å². The molecule has 0 aliphatic carbocycles. The number of halogens is 3. The molecule has 10 heteroatoms. The van der Waals surface area contributed by atoms with Gasteiger partial charge in [0.05, 0.1) is 35.1 Å². The molecule has 1 aliphatic rings. The van der Waals surface area contributed by atoms with Crippen LogP contribution in [0, 0.1) is 5.92 Å². The van der Waals surface area contributed by atoms with E-state index in [1.807, 2.05) is 6.07 Å². The number of sulfonamides is 1. The second kappa shape index (κ2) is 10.9. The van der Waals surface area contributed by atoms with E-state index in [9.17, 15) is 8.42 Å².